The van der Waals surface area contributed by atoms with Gasteiger partial charge in [0.2, 0.25) is 0 Å². The number of nitrogens with one attached hydrogen (secondary N) is 4. The molecule has 3 aromatic rings. The van der Waals surface area contributed by atoms with Crippen LogP contribution in [0.15, 0.2) is 40.1 Å². The van der Waals surface area contributed by atoms with Crippen LogP contribution in [0.4, 0.5) is 5.69 Å². The molecule has 0 spiro atoms. The smallest absolute Gasteiger partial charge is 0.314 e. The number of nitro groups is 1. The number of fused-ring (bicyclic) bond motifs is 1. The van der Waals surface area contributed by atoms with E-state index in [1.165, 1.54) is 12.1 Å². The van der Waals surface area contributed by atoms with Crippen molar-refractivity contribution in [2.45, 2.75) is 13.1 Å². The SMILES string of the molecule is O=c1[nH]c2cc([N+](=O)[O-])cc(CNCc3ccc[nH]3)c2[nH]c1=O. The first-order chi connectivity index (χ1) is 11.0. The second kappa shape index (κ2) is 5.89. The molecule has 23 heavy (non-hydrogen) atoms. The Balaban J connectivity index is 1.98. The minimum atomic E-state index is -0.844. The average molecular weight is 315 g/mol. The predicted molar refractivity (Wildman–Crippen MR) is 83.2 cm³/mol. The van der Waals surface area contributed by atoms with E-state index in [1.807, 2.05) is 12.1 Å². The topological polar surface area (TPSA) is 137 Å². The van der Waals surface area contributed by atoms with Gasteiger partial charge in [-0.05, 0) is 17.7 Å². The van der Waals surface area contributed by atoms with E-state index in [-0.39, 0.29) is 11.2 Å². The number of nitro benzene ring substituents is 1. The number of non-ortho nitro benzene ring substituents is 1. The van der Waals surface area contributed by atoms with E-state index >= 15 is 0 Å². The van der Waals surface area contributed by atoms with E-state index in [0.29, 0.717) is 24.2 Å². The fourth-order valence-corrected chi connectivity index (χ4v) is 2.34. The zero-order valence-corrected chi connectivity index (χ0v) is 11.9. The summed E-state index contributed by atoms with van der Waals surface area (Å²) >= 11 is 0. The third kappa shape index (κ3) is 3.04. The number of nitrogens with zero attached hydrogens (tertiary/aromatic N) is 1. The second-order valence-electron chi connectivity index (χ2n) is 4.99. The molecule has 3 rings (SSSR count). The van der Waals surface area contributed by atoms with E-state index in [9.17, 15) is 19.7 Å². The summed E-state index contributed by atoms with van der Waals surface area (Å²) in [6, 6.07) is 6.36. The minimum Gasteiger partial charge on any atom is -0.364 e. The van der Waals surface area contributed by atoms with E-state index in [0.717, 1.165) is 5.69 Å². The normalized spacial score (nSPS) is 11.0. The lowest BCUT2D eigenvalue weighted by Crippen LogP contribution is -2.29. The van der Waals surface area contributed by atoms with Crippen LogP contribution in [-0.2, 0) is 13.1 Å². The Morgan fingerprint density at radius 3 is 2.61 bits per heavy atom. The van der Waals surface area contributed by atoms with Crippen molar-refractivity contribution in [1.82, 2.24) is 20.3 Å². The first-order valence-electron chi connectivity index (χ1n) is 6.81. The Labute approximate surface area is 128 Å². The molecule has 4 N–H and O–H groups in total. The Morgan fingerprint density at radius 1 is 1.13 bits per heavy atom. The first-order valence-corrected chi connectivity index (χ1v) is 6.81. The van der Waals surface area contributed by atoms with Gasteiger partial charge in [0.25, 0.3) is 5.69 Å². The first kappa shape index (κ1) is 14.7. The lowest BCUT2D eigenvalue weighted by Gasteiger charge is -2.07. The van der Waals surface area contributed by atoms with Crippen LogP contribution in [0.3, 0.4) is 0 Å². The van der Waals surface area contributed by atoms with E-state index in [1.54, 1.807) is 6.20 Å². The summed E-state index contributed by atoms with van der Waals surface area (Å²) in [6.45, 7) is 0.823. The molecular weight excluding hydrogens is 302 g/mol. The number of aromatic nitrogens is 3. The van der Waals surface area contributed by atoms with Gasteiger partial charge in [0.1, 0.15) is 0 Å². The zero-order chi connectivity index (χ0) is 16.4. The fourth-order valence-electron chi connectivity index (χ4n) is 2.34. The Morgan fingerprint density at radius 2 is 1.91 bits per heavy atom. The van der Waals surface area contributed by atoms with Crippen LogP contribution in [0.2, 0.25) is 0 Å². The predicted octanol–water partition coefficient (Wildman–Crippen LogP) is 0.742. The minimum absolute atomic E-state index is 0.156. The summed E-state index contributed by atoms with van der Waals surface area (Å²) in [5, 5.41) is 14.2. The Kier molecular flexibility index (Phi) is 3.77. The Bertz CT molecular complexity index is 971. The van der Waals surface area contributed by atoms with Crippen LogP contribution in [-0.4, -0.2) is 19.9 Å². The van der Waals surface area contributed by atoms with Crippen LogP contribution in [0, 0.1) is 10.1 Å². The van der Waals surface area contributed by atoms with Gasteiger partial charge in [0, 0.05) is 37.1 Å². The van der Waals surface area contributed by atoms with Crippen LogP contribution < -0.4 is 16.4 Å². The molecule has 118 valence electrons. The standard InChI is InChI=1S/C14H13N5O4/c20-13-14(21)18-12-8(6-15-7-9-2-1-3-16-9)4-10(19(22)23)5-11(12)17-13/h1-5,15-16H,6-7H2,(H,17,20)(H,18,21). The molecule has 0 saturated heterocycles. The van der Waals surface area contributed by atoms with Gasteiger partial charge in [-0.3, -0.25) is 19.7 Å². The van der Waals surface area contributed by atoms with Crippen molar-refractivity contribution < 1.29 is 4.92 Å². The van der Waals surface area contributed by atoms with Crippen LogP contribution in [0.5, 0.6) is 0 Å². The number of aromatic amines is 3. The second-order valence-corrected chi connectivity index (χ2v) is 4.99. The summed E-state index contributed by atoms with van der Waals surface area (Å²) in [7, 11) is 0. The van der Waals surface area contributed by atoms with Gasteiger partial charge in [-0.15, -0.1) is 0 Å². The molecule has 0 bridgehead atoms. The van der Waals surface area contributed by atoms with Crippen LogP contribution in [0.1, 0.15) is 11.3 Å². The van der Waals surface area contributed by atoms with E-state index in [2.05, 4.69) is 20.3 Å². The van der Waals surface area contributed by atoms with E-state index < -0.39 is 16.0 Å². The van der Waals surface area contributed by atoms with Crippen molar-refractivity contribution in [1.29, 1.82) is 0 Å². The highest BCUT2D eigenvalue weighted by Gasteiger charge is 2.13. The molecule has 2 heterocycles. The highest BCUT2D eigenvalue weighted by atomic mass is 16.6. The molecule has 0 radical (unpaired) electrons. The van der Waals surface area contributed by atoms with Gasteiger partial charge in [0.15, 0.2) is 0 Å². The summed E-state index contributed by atoms with van der Waals surface area (Å²) in [5.41, 5.74) is 0.285. The molecule has 0 aliphatic rings. The largest absolute Gasteiger partial charge is 0.364 e. The molecule has 0 saturated carbocycles. The molecule has 9 heteroatoms. The Hall–Kier alpha value is -3.20. The quantitative estimate of drug-likeness (QED) is 0.313. The lowest BCUT2D eigenvalue weighted by molar-refractivity contribution is -0.384. The van der Waals surface area contributed by atoms with Gasteiger partial charge in [-0.25, -0.2) is 0 Å². The zero-order valence-electron chi connectivity index (χ0n) is 11.9. The monoisotopic (exact) mass is 315 g/mol. The highest BCUT2D eigenvalue weighted by Crippen LogP contribution is 2.21. The molecule has 0 aliphatic heterocycles. The summed E-state index contributed by atoms with van der Waals surface area (Å²) in [6.07, 6.45) is 1.79. The molecular formula is C14H13N5O4. The van der Waals surface area contributed by atoms with Crippen LogP contribution >= 0.6 is 0 Å². The summed E-state index contributed by atoms with van der Waals surface area (Å²) in [5.74, 6) is 0. The van der Waals surface area contributed by atoms with Gasteiger partial charge in [-0.1, -0.05) is 0 Å². The molecule has 0 amide bonds. The van der Waals surface area contributed by atoms with Crippen molar-refractivity contribution >= 4 is 16.7 Å². The van der Waals surface area contributed by atoms with Gasteiger partial charge in [0.05, 0.1) is 16.0 Å². The van der Waals surface area contributed by atoms with Crippen molar-refractivity contribution in [3.63, 3.8) is 0 Å². The number of benzene rings is 1. The van der Waals surface area contributed by atoms with Crippen molar-refractivity contribution in [2.24, 2.45) is 0 Å². The van der Waals surface area contributed by atoms with Gasteiger partial charge in [-0.2, -0.15) is 0 Å². The highest BCUT2D eigenvalue weighted by molar-refractivity contribution is 5.80. The maximum atomic E-state index is 11.5. The van der Waals surface area contributed by atoms with Crippen molar-refractivity contribution in [3.05, 3.63) is 72.5 Å². The van der Waals surface area contributed by atoms with Gasteiger partial charge >= 0.3 is 11.1 Å². The maximum Gasteiger partial charge on any atom is 0.314 e. The molecule has 9 nitrogen and oxygen atoms in total. The van der Waals surface area contributed by atoms with E-state index in [4.69, 9.17) is 0 Å². The molecule has 0 fully saturated rings. The lowest BCUT2D eigenvalue weighted by atomic mass is 10.1. The molecule has 0 aliphatic carbocycles. The molecule has 0 unspecified atom stereocenters. The molecule has 2 aromatic heterocycles. The molecule has 0 atom stereocenters. The number of hydrogen-bond acceptors (Lipinski definition) is 5. The number of H-pyrrole nitrogens is 3. The van der Waals surface area contributed by atoms with Crippen LogP contribution in [0.25, 0.3) is 11.0 Å². The number of hydrogen-bond donors (Lipinski definition) is 4. The third-order valence-corrected chi connectivity index (χ3v) is 3.40. The average Bonchev–Trinajstić information content (AvgIpc) is 3.02. The van der Waals surface area contributed by atoms with Gasteiger partial charge < -0.3 is 20.3 Å². The molecule has 1 aromatic carbocycles. The third-order valence-electron chi connectivity index (χ3n) is 3.40. The van der Waals surface area contributed by atoms with Crippen molar-refractivity contribution in [3.8, 4) is 0 Å². The fraction of sp³-hybridized carbons (Fsp3) is 0.143. The van der Waals surface area contributed by atoms with Crippen molar-refractivity contribution in [2.75, 3.05) is 0 Å². The summed E-state index contributed by atoms with van der Waals surface area (Å²) in [4.78, 5) is 41.3. The number of rotatable bonds is 5. The maximum absolute atomic E-state index is 11.5. The summed E-state index contributed by atoms with van der Waals surface area (Å²) < 4.78 is 0.